The van der Waals surface area contributed by atoms with Crippen LogP contribution in [0.15, 0.2) is 22.7 Å². The van der Waals surface area contributed by atoms with Gasteiger partial charge in [0.1, 0.15) is 17.7 Å². The van der Waals surface area contributed by atoms with E-state index in [1.54, 1.807) is 7.05 Å². The molecule has 1 heterocycles. The fourth-order valence-electron chi connectivity index (χ4n) is 1.54. The zero-order chi connectivity index (χ0) is 12.6. The zero-order valence-corrected chi connectivity index (χ0v) is 10.3. The summed E-state index contributed by atoms with van der Waals surface area (Å²) in [6, 6.07) is 5.01. The highest BCUT2D eigenvalue weighted by Gasteiger charge is 2.18. The van der Waals surface area contributed by atoms with Crippen LogP contribution in [-0.4, -0.2) is 9.78 Å². The van der Waals surface area contributed by atoms with Crippen LogP contribution >= 0.6 is 15.9 Å². The first-order chi connectivity index (χ1) is 8.04. The van der Waals surface area contributed by atoms with Gasteiger partial charge in [0.25, 0.3) is 0 Å². The summed E-state index contributed by atoms with van der Waals surface area (Å²) >= 11 is 3.16. The molecule has 3 nitrogen and oxygen atoms in total. The molecule has 2 rings (SSSR count). The minimum atomic E-state index is -0.570. The first kappa shape index (κ1) is 11.7. The van der Waals surface area contributed by atoms with Crippen molar-refractivity contribution in [2.45, 2.75) is 0 Å². The van der Waals surface area contributed by atoms with Crippen molar-refractivity contribution in [3.63, 3.8) is 0 Å². The van der Waals surface area contributed by atoms with Gasteiger partial charge in [0.2, 0.25) is 0 Å². The van der Waals surface area contributed by atoms with Crippen LogP contribution in [0.2, 0.25) is 0 Å². The molecular weight excluding hydrogens is 292 g/mol. The maximum atomic E-state index is 13.6. The fourth-order valence-corrected chi connectivity index (χ4v) is 2.18. The molecular formula is C11H6BrF2N3. The molecule has 17 heavy (non-hydrogen) atoms. The number of rotatable bonds is 1. The summed E-state index contributed by atoms with van der Waals surface area (Å²) in [6.45, 7) is 0. The van der Waals surface area contributed by atoms with E-state index in [4.69, 9.17) is 5.26 Å². The number of hydrogen-bond acceptors (Lipinski definition) is 2. The highest BCUT2D eigenvalue weighted by Crippen LogP contribution is 2.32. The third kappa shape index (κ3) is 1.94. The predicted molar refractivity (Wildman–Crippen MR) is 61.0 cm³/mol. The van der Waals surface area contributed by atoms with Crippen LogP contribution < -0.4 is 0 Å². The molecule has 0 unspecified atom stereocenters. The third-order valence-corrected chi connectivity index (χ3v) is 3.03. The maximum Gasteiger partial charge on any atom is 0.177 e. The zero-order valence-electron chi connectivity index (χ0n) is 8.71. The van der Waals surface area contributed by atoms with Gasteiger partial charge in [-0.1, -0.05) is 0 Å². The molecule has 0 atom stereocenters. The quantitative estimate of drug-likeness (QED) is 0.812. The number of nitriles is 1. The Morgan fingerprint density at radius 3 is 2.71 bits per heavy atom. The maximum absolute atomic E-state index is 13.6. The topological polar surface area (TPSA) is 41.6 Å². The largest absolute Gasteiger partial charge is 0.265 e. The molecule has 0 aliphatic rings. The molecule has 0 radical (unpaired) electrons. The van der Waals surface area contributed by atoms with Gasteiger partial charge in [-0.3, -0.25) is 4.68 Å². The van der Waals surface area contributed by atoms with Crippen molar-refractivity contribution in [3.05, 3.63) is 40.0 Å². The normalized spacial score (nSPS) is 10.3. The van der Waals surface area contributed by atoms with E-state index < -0.39 is 11.6 Å². The summed E-state index contributed by atoms with van der Waals surface area (Å²) in [6.07, 6.45) is 0. The number of halogens is 3. The summed E-state index contributed by atoms with van der Waals surface area (Å²) in [5, 5.41) is 12.7. The van der Waals surface area contributed by atoms with Crippen LogP contribution in [0, 0.1) is 23.0 Å². The second-order valence-electron chi connectivity index (χ2n) is 3.37. The Hall–Kier alpha value is -1.74. The van der Waals surface area contributed by atoms with E-state index in [9.17, 15) is 8.78 Å². The van der Waals surface area contributed by atoms with Crippen LogP contribution in [-0.2, 0) is 7.05 Å². The van der Waals surface area contributed by atoms with Crippen LogP contribution in [0.25, 0.3) is 11.3 Å². The van der Waals surface area contributed by atoms with Crippen molar-refractivity contribution >= 4 is 15.9 Å². The number of aromatic nitrogens is 2. The fraction of sp³-hybridized carbons (Fsp3) is 0.0909. The van der Waals surface area contributed by atoms with E-state index in [0.717, 1.165) is 18.2 Å². The van der Waals surface area contributed by atoms with Crippen LogP contribution in [0.5, 0.6) is 0 Å². The van der Waals surface area contributed by atoms with Gasteiger partial charge in [0, 0.05) is 12.6 Å². The van der Waals surface area contributed by atoms with E-state index in [2.05, 4.69) is 21.0 Å². The summed E-state index contributed by atoms with van der Waals surface area (Å²) < 4.78 is 28.4. The lowest BCUT2D eigenvalue weighted by molar-refractivity contribution is 0.601. The molecule has 0 aliphatic heterocycles. The summed E-state index contributed by atoms with van der Waals surface area (Å²) in [5.74, 6) is -1.12. The molecule has 0 spiro atoms. The summed E-state index contributed by atoms with van der Waals surface area (Å²) in [7, 11) is 1.56. The average Bonchev–Trinajstić information content (AvgIpc) is 2.58. The van der Waals surface area contributed by atoms with Crippen molar-refractivity contribution in [1.29, 1.82) is 5.26 Å². The molecule has 0 aliphatic carbocycles. The highest BCUT2D eigenvalue weighted by atomic mass is 79.9. The first-order valence-corrected chi connectivity index (χ1v) is 5.42. The molecule has 0 fully saturated rings. The lowest BCUT2D eigenvalue weighted by Gasteiger charge is -2.04. The van der Waals surface area contributed by atoms with E-state index in [0.29, 0.717) is 10.2 Å². The number of benzene rings is 1. The lowest BCUT2D eigenvalue weighted by atomic mass is 10.1. The number of aryl methyl sites for hydroxylation is 1. The molecule has 0 bridgehead atoms. The van der Waals surface area contributed by atoms with Crippen molar-refractivity contribution < 1.29 is 8.78 Å². The monoisotopic (exact) mass is 297 g/mol. The molecule has 0 amide bonds. The second kappa shape index (κ2) is 4.26. The Bertz CT molecular complexity index is 628. The first-order valence-electron chi connectivity index (χ1n) is 4.62. The summed E-state index contributed by atoms with van der Waals surface area (Å²) in [5.41, 5.74) is 0.526. The molecule has 1 aromatic heterocycles. The molecule has 0 N–H and O–H groups in total. The lowest BCUT2D eigenvalue weighted by Crippen LogP contribution is -1.96. The van der Waals surface area contributed by atoms with E-state index in [-0.39, 0.29) is 11.3 Å². The van der Waals surface area contributed by atoms with Gasteiger partial charge in [0.05, 0.1) is 10.2 Å². The minimum Gasteiger partial charge on any atom is -0.265 e. The Morgan fingerprint density at radius 1 is 1.41 bits per heavy atom. The smallest absolute Gasteiger partial charge is 0.177 e. The Morgan fingerprint density at radius 2 is 2.12 bits per heavy atom. The Balaban J connectivity index is 2.73. The standard InChI is InChI=1S/C11H6BrF2N3/c1-17-11(10(12)9(5-15)16-17)7-4-6(13)2-3-8(7)14/h2-4H,1H3. The van der Waals surface area contributed by atoms with Crippen molar-refractivity contribution in [2.75, 3.05) is 0 Å². The highest BCUT2D eigenvalue weighted by molar-refractivity contribution is 9.10. The van der Waals surface area contributed by atoms with E-state index in [1.165, 1.54) is 4.68 Å². The Labute approximate surface area is 104 Å². The average molecular weight is 298 g/mol. The number of hydrogen-bond donors (Lipinski definition) is 0. The van der Waals surface area contributed by atoms with Crippen molar-refractivity contribution in [2.24, 2.45) is 7.05 Å². The minimum absolute atomic E-state index is 0.0633. The van der Waals surface area contributed by atoms with Gasteiger partial charge in [0.15, 0.2) is 5.69 Å². The third-order valence-electron chi connectivity index (χ3n) is 2.28. The van der Waals surface area contributed by atoms with Crippen molar-refractivity contribution in [3.8, 4) is 17.3 Å². The molecule has 2 aromatic rings. The molecule has 86 valence electrons. The van der Waals surface area contributed by atoms with Gasteiger partial charge >= 0.3 is 0 Å². The van der Waals surface area contributed by atoms with Gasteiger partial charge in [-0.05, 0) is 34.1 Å². The van der Waals surface area contributed by atoms with Crippen molar-refractivity contribution in [1.82, 2.24) is 9.78 Å². The van der Waals surface area contributed by atoms with E-state index >= 15 is 0 Å². The van der Waals surface area contributed by atoms with Crippen LogP contribution in [0.3, 0.4) is 0 Å². The molecule has 6 heteroatoms. The predicted octanol–water partition coefficient (Wildman–Crippen LogP) is 3.00. The molecule has 0 saturated carbocycles. The van der Waals surface area contributed by atoms with E-state index in [1.807, 2.05) is 6.07 Å². The molecule has 1 aromatic carbocycles. The van der Waals surface area contributed by atoms with Gasteiger partial charge in [-0.25, -0.2) is 8.78 Å². The second-order valence-corrected chi connectivity index (χ2v) is 4.16. The molecule has 0 saturated heterocycles. The van der Waals surface area contributed by atoms with Gasteiger partial charge < -0.3 is 0 Å². The SMILES string of the molecule is Cn1nc(C#N)c(Br)c1-c1cc(F)ccc1F. The van der Waals surface area contributed by atoms with Gasteiger partial charge in [-0.15, -0.1) is 0 Å². The van der Waals surface area contributed by atoms with Gasteiger partial charge in [-0.2, -0.15) is 10.4 Å². The van der Waals surface area contributed by atoms with Crippen LogP contribution in [0.1, 0.15) is 5.69 Å². The number of nitrogens with zero attached hydrogens (tertiary/aromatic N) is 3. The summed E-state index contributed by atoms with van der Waals surface area (Å²) in [4.78, 5) is 0. The Kier molecular flexibility index (Phi) is 2.94. The van der Waals surface area contributed by atoms with Crippen LogP contribution in [0.4, 0.5) is 8.78 Å².